The van der Waals surface area contributed by atoms with Crippen molar-refractivity contribution in [2.24, 2.45) is 5.73 Å². The largest absolute Gasteiger partial charge is 0.328 e. The SMILES string of the molecule is CCN(Cc1ccc(C#N)cc1Cl)C1CCC(N)CC1. The molecule has 0 heterocycles. The predicted molar refractivity (Wildman–Crippen MR) is 82.5 cm³/mol. The summed E-state index contributed by atoms with van der Waals surface area (Å²) in [5, 5.41) is 9.57. The van der Waals surface area contributed by atoms with Crippen molar-refractivity contribution in [1.82, 2.24) is 4.90 Å². The van der Waals surface area contributed by atoms with Crippen molar-refractivity contribution in [3.8, 4) is 6.07 Å². The van der Waals surface area contributed by atoms with Gasteiger partial charge in [-0.2, -0.15) is 5.26 Å². The maximum atomic E-state index is 8.88. The molecule has 0 radical (unpaired) electrons. The molecule has 1 aliphatic rings. The molecule has 0 aromatic heterocycles. The average molecular weight is 292 g/mol. The van der Waals surface area contributed by atoms with Crippen LogP contribution in [0.15, 0.2) is 18.2 Å². The predicted octanol–water partition coefficient (Wildman–Crippen LogP) is 3.30. The first kappa shape index (κ1) is 15.3. The number of nitrogens with two attached hydrogens (primary N) is 1. The van der Waals surface area contributed by atoms with E-state index in [4.69, 9.17) is 22.6 Å². The summed E-state index contributed by atoms with van der Waals surface area (Å²) in [6.07, 6.45) is 4.57. The van der Waals surface area contributed by atoms with Crippen LogP contribution in [-0.2, 0) is 6.54 Å². The third-order valence-electron chi connectivity index (χ3n) is 4.22. The van der Waals surface area contributed by atoms with Gasteiger partial charge in [-0.15, -0.1) is 0 Å². The number of halogens is 1. The minimum atomic E-state index is 0.378. The van der Waals surface area contributed by atoms with Gasteiger partial charge in [0.2, 0.25) is 0 Å². The summed E-state index contributed by atoms with van der Waals surface area (Å²) in [6, 6.07) is 8.66. The highest BCUT2D eigenvalue weighted by molar-refractivity contribution is 6.31. The first-order valence-electron chi connectivity index (χ1n) is 7.32. The Labute approximate surface area is 126 Å². The summed E-state index contributed by atoms with van der Waals surface area (Å²) in [6.45, 7) is 4.04. The molecule has 4 heteroatoms. The first-order valence-corrected chi connectivity index (χ1v) is 7.70. The highest BCUT2D eigenvalue weighted by Crippen LogP contribution is 2.26. The van der Waals surface area contributed by atoms with Gasteiger partial charge in [-0.05, 0) is 49.9 Å². The second kappa shape index (κ2) is 7.08. The molecule has 0 atom stereocenters. The van der Waals surface area contributed by atoms with E-state index in [2.05, 4.69) is 17.9 Å². The summed E-state index contributed by atoms with van der Waals surface area (Å²) in [4.78, 5) is 2.47. The van der Waals surface area contributed by atoms with Gasteiger partial charge in [-0.25, -0.2) is 0 Å². The average Bonchev–Trinajstić information content (AvgIpc) is 2.47. The minimum Gasteiger partial charge on any atom is -0.328 e. The van der Waals surface area contributed by atoms with Gasteiger partial charge in [0, 0.05) is 23.7 Å². The molecule has 108 valence electrons. The molecule has 0 spiro atoms. The van der Waals surface area contributed by atoms with Crippen LogP contribution in [0.5, 0.6) is 0 Å². The van der Waals surface area contributed by atoms with Crippen LogP contribution in [0.25, 0.3) is 0 Å². The van der Waals surface area contributed by atoms with Crippen molar-refractivity contribution in [2.45, 2.75) is 51.2 Å². The van der Waals surface area contributed by atoms with Gasteiger partial charge in [0.15, 0.2) is 0 Å². The molecule has 3 nitrogen and oxygen atoms in total. The second-order valence-corrected chi connectivity index (χ2v) is 5.96. The lowest BCUT2D eigenvalue weighted by atomic mass is 9.90. The van der Waals surface area contributed by atoms with E-state index in [0.29, 0.717) is 22.7 Å². The summed E-state index contributed by atoms with van der Waals surface area (Å²) in [5.41, 5.74) is 7.69. The molecule has 1 saturated carbocycles. The van der Waals surface area contributed by atoms with E-state index >= 15 is 0 Å². The zero-order valence-corrected chi connectivity index (χ0v) is 12.7. The van der Waals surface area contributed by atoms with Gasteiger partial charge in [0.1, 0.15) is 0 Å². The topological polar surface area (TPSA) is 53.0 Å². The fourth-order valence-corrected chi connectivity index (χ4v) is 3.17. The van der Waals surface area contributed by atoms with Crippen LogP contribution < -0.4 is 5.73 Å². The molecule has 0 amide bonds. The van der Waals surface area contributed by atoms with E-state index in [1.807, 2.05) is 12.1 Å². The molecular formula is C16H22ClN3. The van der Waals surface area contributed by atoms with Crippen LogP contribution in [-0.4, -0.2) is 23.5 Å². The lowest BCUT2D eigenvalue weighted by molar-refractivity contribution is 0.149. The molecule has 1 fully saturated rings. The molecule has 1 aromatic rings. The third kappa shape index (κ3) is 3.73. The molecule has 2 N–H and O–H groups in total. The molecule has 20 heavy (non-hydrogen) atoms. The fraction of sp³-hybridized carbons (Fsp3) is 0.562. The van der Waals surface area contributed by atoms with Crippen molar-refractivity contribution in [3.63, 3.8) is 0 Å². The smallest absolute Gasteiger partial charge is 0.0992 e. The van der Waals surface area contributed by atoms with Crippen LogP contribution in [0.1, 0.15) is 43.7 Å². The van der Waals surface area contributed by atoms with Crippen LogP contribution in [0.2, 0.25) is 5.02 Å². The molecule has 2 rings (SSSR count). The van der Waals surface area contributed by atoms with Crippen molar-refractivity contribution >= 4 is 11.6 Å². The number of nitrogens with zero attached hydrogens (tertiary/aromatic N) is 2. The van der Waals surface area contributed by atoms with Crippen LogP contribution in [0.4, 0.5) is 0 Å². The Balaban J connectivity index is 2.05. The Morgan fingerprint density at radius 1 is 1.35 bits per heavy atom. The van der Waals surface area contributed by atoms with Crippen molar-refractivity contribution in [1.29, 1.82) is 5.26 Å². The van der Waals surface area contributed by atoms with Gasteiger partial charge in [0.05, 0.1) is 11.6 Å². The van der Waals surface area contributed by atoms with Crippen LogP contribution in [0, 0.1) is 11.3 Å². The Kier molecular flexibility index (Phi) is 5.42. The van der Waals surface area contributed by atoms with Crippen LogP contribution in [0.3, 0.4) is 0 Å². The van der Waals surface area contributed by atoms with Gasteiger partial charge < -0.3 is 5.73 Å². The maximum Gasteiger partial charge on any atom is 0.0992 e. The minimum absolute atomic E-state index is 0.378. The summed E-state index contributed by atoms with van der Waals surface area (Å²) < 4.78 is 0. The normalized spacial score (nSPS) is 22.8. The number of benzene rings is 1. The van der Waals surface area contributed by atoms with E-state index in [1.54, 1.807) is 6.07 Å². The summed E-state index contributed by atoms with van der Waals surface area (Å²) in [7, 11) is 0. The van der Waals surface area contributed by atoms with E-state index in [1.165, 1.54) is 12.8 Å². The fourth-order valence-electron chi connectivity index (χ4n) is 2.93. The first-order chi connectivity index (χ1) is 9.63. The maximum absolute atomic E-state index is 8.88. The molecule has 1 aromatic carbocycles. The van der Waals surface area contributed by atoms with Crippen molar-refractivity contribution in [2.75, 3.05) is 6.54 Å². The van der Waals surface area contributed by atoms with E-state index < -0.39 is 0 Å². The Morgan fingerprint density at radius 3 is 2.60 bits per heavy atom. The number of hydrogen-bond acceptors (Lipinski definition) is 3. The Hall–Kier alpha value is -1.08. The monoisotopic (exact) mass is 291 g/mol. The van der Waals surface area contributed by atoms with E-state index in [9.17, 15) is 0 Å². The highest BCUT2D eigenvalue weighted by atomic mass is 35.5. The van der Waals surface area contributed by atoms with Gasteiger partial charge in [-0.1, -0.05) is 24.6 Å². The van der Waals surface area contributed by atoms with Crippen molar-refractivity contribution < 1.29 is 0 Å². The molecule has 0 saturated heterocycles. The molecule has 1 aliphatic carbocycles. The summed E-state index contributed by atoms with van der Waals surface area (Å²) >= 11 is 6.27. The standard InChI is InChI=1S/C16H22ClN3/c1-2-20(15-7-5-14(19)6-8-15)11-13-4-3-12(10-18)9-16(13)17/h3-4,9,14-15H,2,5-8,11,19H2,1H3. The third-order valence-corrected chi connectivity index (χ3v) is 4.57. The highest BCUT2D eigenvalue weighted by Gasteiger charge is 2.23. The lowest BCUT2D eigenvalue weighted by Crippen LogP contribution is -2.40. The van der Waals surface area contributed by atoms with E-state index in [-0.39, 0.29) is 0 Å². The molecule has 0 bridgehead atoms. The van der Waals surface area contributed by atoms with Gasteiger partial charge in [-0.3, -0.25) is 4.90 Å². The van der Waals surface area contributed by atoms with Crippen molar-refractivity contribution in [3.05, 3.63) is 34.3 Å². The number of rotatable bonds is 4. The Bertz CT molecular complexity index is 487. The Morgan fingerprint density at radius 2 is 2.05 bits per heavy atom. The van der Waals surface area contributed by atoms with Gasteiger partial charge >= 0.3 is 0 Å². The molecule has 0 unspecified atom stereocenters. The number of nitriles is 1. The second-order valence-electron chi connectivity index (χ2n) is 5.55. The summed E-state index contributed by atoms with van der Waals surface area (Å²) in [5.74, 6) is 0. The lowest BCUT2D eigenvalue weighted by Gasteiger charge is -2.35. The van der Waals surface area contributed by atoms with Crippen LogP contribution >= 0.6 is 11.6 Å². The molecular weight excluding hydrogens is 270 g/mol. The zero-order chi connectivity index (χ0) is 14.5. The molecule has 0 aliphatic heterocycles. The number of hydrogen-bond donors (Lipinski definition) is 1. The zero-order valence-electron chi connectivity index (χ0n) is 12.0. The quantitative estimate of drug-likeness (QED) is 0.926. The van der Waals surface area contributed by atoms with E-state index in [0.717, 1.165) is 31.5 Å². The van der Waals surface area contributed by atoms with Gasteiger partial charge in [0.25, 0.3) is 0 Å².